The zero-order valence-corrected chi connectivity index (χ0v) is 9.03. The van der Waals surface area contributed by atoms with Crippen LogP contribution in [-0.4, -0.2) is 23.7 Å². The van der Waals surface area contributed by atoms with Crippen molar-refractivity contribution in [2.24, 2.45) is 0 Å². The molecule has 0 saturated carbocycles. The number of hydrogen-bond acceptors (Lipinski definition) is 4. The van der Waals surface area contributed by atoms with Crippen LogP contribution in [0.3, 0.4) is 0 Å². The van der Waals surface area contributed by atoms with E-state index in [1.165, 1.54) is 0 Å². The van der Waals surface area contributed by atoms with Gasteiger partial charge in [0.05, 0.1) is 19.4 Å². The summed E-state index contributed by atoms with van der Waals surface area (Å²) < 4.78 is 0. The summed E-state index contributed by atoms with van der Waals surface area (Å²) >= 11 is 0. The van der Waals surface area contributed by atoms with E-state index >= 15 is 0 Å². The Labute approximate surface area is 89.3 Å². The fraction of sp³-hybridized carbons (Fsp3) is 0.800. The van der Waals surface area contributed by atoms with Gasteiger partial charge in [-0.05, 0) is 6.42 Å². The molecule has 0 bridgehead atoms. The summed E-state index contributed by atoms with van der Waals surface area (Å²) in [6.45, 7) is 2.48. The predicted molar refractivity (Wildman–Crippen MR) is 53.1 cm³/mol. The van der Waals surface area contributed by atoms with E-state index in [1.807, 2.05) is 0 Å². The fourth-order valence-corrected chi connectivity index (χ4v) is 0.946. The number of carbonyl (C=O) groups excluding carboxylic acids is 1. The van der Waals surface area contributed by atoms with Gasteiger partial charge in [-0.2, -0.15) is 4.89 Å². The molecular formula is C10H18O5. The van der Waals surface area contributed by atoms with Gasteiger partial charge < -0.3 is 5.11 Å². The van der Waals surface area contributed by atoms with E-state index in [9.17, 15) is 9.59 Å². The molecule has 0 amide bonds. The quantitative estimate of drug-likeness (QED) is 0.363. The molecule has 0 aromatic carbocycles. The number of rotatable bonds is 9. The van der Waals surface area contributed by atoms with Gasteiger partial charge in [-0.3, -0.25) is 9.68 Å². The zero-order chi connectivity index (χ0) is 11.5. The first-order chi connectivity index (χ1) is 7.16. The monoisotopic (exact) mass is 218 g/mol. The normalized spacial score (nSPS) is 9.93. The van der Waals surface area contributed by atoms with Crippen molar-refractivity contribution in [2.75, 3.05) is 6.61 Å². The third-order valence-corrected chi connectivity index (χ3v) is 1.78. The average Bonchev–Trinajstić information content (AvgIpc) is 2.20. The number of carboxylic acid groups (broad SMARTS) is 1. The molecule has 0 aliphatic carbocycles. The number of hydrogen-bond donors (Lipinski definition) is 1. The van der Waals surface area contributed by atoms with Gasteiger partial charge in [-0.1, -0.05) is 26.2 Å². The lowest BCUT2D eigenvalue weighted by Crippen LogP contribution is -2.08. The molecule has 5 nitrogen and oxygen atoms in total. The maximum absolute atomic E-state index is 10.8. The topological polar surface area (TPSA) is 72.8 Å². The van der Waals surface area contributed by atoms with E-state index < -0.39 is 11.9 Å². The molecule has 0 fully saturated rings. The minimum atomic E-state index is -1.02. The predicted octanol–water partition coefficient (Wildman–Crippen LogP) is 1.91. The number of carbonyl (C=O) groups is 2. The van der Waals surface area contributed by atoms with Crippen molar-refractivity contribution in [3.05, 3.63) is 0 Å². The Morgan fingerprint density at radius 1 is 1.13 bits per heavy atom. The van der Waals surface area contributed by atoms with E-state index in [4.69, 9.17) is 5.11 Å². The molecule has 0 spiro atoms. The van der Waals surface area contributed by atoms with Gasteiger partial charge in [0.1, 0.15) is 0 Å². The second-order valence-electron chi connectivity index (χ2n) is 3.23. The van der Waals surface area contributed by atoms with Gasteiger partial charge in [0.2, 0.25) is 0 Å². The molecule has 0 unspecified atom stereocenters. The second-order valence-corrected chi connectivity index (χ2v) is 3.23. The highest BCUT2D eigenvalue weighted by Crippen LogP contribution is 2.00. The Hall–Kier alpha value is -1.10. The molecule has 0 aliphatic rings. The Morgan fingerprint density at radius 3 is 2.47 bits per heavy atom. The van der Waals surface area contributed by atoms with Crippen molar-refractivity contribution >= 4 is 11.9 Å². The lowest BCUT2D eigenvalue weighted by Gasteiger charge is -2.02. The molecule has 0 heterocycles. The molecule has 5 heteroatoms. The first-order valence-corrected chi connectivity index (χ1v) is 5.21. The van der Waals surface area contributed by atoms with Crippen LogP contribution in [0.25, 0.3) is 0 Å². The number of unbranched alkanes of at least 4 members (excludes halogenated alkanes) is 3. The van der Waals surface area contributed by atoms with Crippen molar-refractivity contribution < 1.29 is 24.5 Å². The van der Waals surface area contributed by atoms with Crippen LogP contribution >= 0.6 is 0 Å². The van der Waals surface area contributed by atoms with Crippen LogP contribution in [0, 0.1) is 0 Å². The fourth-order valence-electron chi connectivity index (χ4n) is 0.946. The van der Waals surface area contributed by atoms with Crippen LogP contribution in [0.5, 0.6) is 0 Å². The first-order valence-electron chi connectivity index (χ1n) is 5.21. The molecule has 1 N–H and O–H groups in total. The van der Waals surface area contributed by atoms with Crippen LogP contribution in [-0.2, 0) is 19.4 Å². The van der Waals surface area contributed by atoms with Crippen LogP contribution in [0.1, 0.15) is 45.4 Å². The smallest absolute Gasteiger partial charge is 0.342 e. The van der Waals surface area contributed by atoms with E-state index in [-0.39, 0.29) is 12.8 Å². The molecule has 0 aliphatic heterocycles. The number of carboxylic acids is 1. The van der Waals surface area contributed by atoms with Crippen LogP contribution < -0.4 is 0 Å². The first kappa shape index (κ1) is 13.9. The second kappa shape index (κ2) is 9.45. The summed E-state index contributed by atoms with van der Waals surface area (Å²) in [6, 6.07) is 0. The average molecular weight is 218 g/mol. The van der Waals surface area contributed by atoms with Crippen molar-refractivity contribution in [1.29, 1.82) is 0 Å². The molecule has 88 valence electrons. The van der Waals surface area contributed by atoms with Crippen LogP contribution in [0.4, 0.5) is 0 Å². The van der Waals surface area contributed by atoms with Crippen LogP contribution in [0.2, 0.25) is 0 Å². The summed E-state index contributed by atoms with van der Waals surface area (Å²) in [4.78, 5) is 29.9. The summed E-state index contributed by atoms with van der Waals surface area (Å²) in [7, 11) is 0. The van der Waals surface area contributed by atoms with E-state index in [1.54, 1.807) is 0 Å². The molecular weight excluding hydrogens is 200 g/mol. The Morgan fingerprint density at radius 2 is 1.87 bits per heavy atom. The van der Waals surface area contributed by atoms with Crippen LogP contribution in [0.15, 0.2) is 0 Å². The van der Waals surface area contributed by atoms with Crippen molar-refractivity contribution in [1.82, 2.24) is 0 Å². The summed E-state index contributed by atoms with van der Waals surface area (Å²) in [5, 5.41) is 8.28. The highest BCUT2D eigenvalue weighted by atomic mass is 17.2. The highest BCUT2D eigenvalue weighted by Gasteiger charge is 2.07. The molecule has 0 aromatic heterocycles. The lowest BCUT2D eigenvalue weighted by atomic mass is 10.2. The Balaban J connectivity index is 3.20. The largest absolute Gasteiger partial charge is 0.481 e. The third-order valence-electron chi connectivity index (χ3n) is 1.78. The van der Waals surface area contributed by atoms with Gasteiger partial charge in [-0.15, -0.1) is 0 Å². The SMILES string of the molecule is CCCCCCOOC(=O)CCC(=O)O. The number of aliphatic carboxylic acids is 1. The standard InChI is InChI=1S/C10H18O5/c1-2-3-4-5-8-14-15-10(13)7-6-9(11)12/h2-8H2,1H3,(H,11,12). The molecule has 0 radical (unpaired) electrons. The molecule has 0 aromatic rings. The van der Waals surface area contributed by atoms with E-state index in [0.29, 0.717) is 6.61 Å². The Bertz CT molecular complexity index is 190. The zero-order valence-electron chi connectivity index (χ0n) is 9.03. The summed E-state index contributed by atoms with van der Waals surface area (Å²) in [6.07, 6.45) is 3.79. The van der Waals surface area contributed by atoms with E-state index in [2.05, 4.69) is 16.7 Å². The van der Waals surface area contributed by atoms with Gasteiger partial charge >= 0.3 is 11.9 Å². The molecule has 0 atom stereocenters. The molecule has 0 rings (SSSR count). The van der Waals surface area contributed by atoms with E-state index in [0.717, 1.165) is 25.7 Å². The van der Waals surface area contributed by atoms with Crippen molar-refractivity contribution in [2.45, 2.75) is 45.4 Å². The third kappa shape index (κ3) is 10.8. The van der Waals surface area contributed by atoms with Gasteiger partial charge in [0, 0.05) is 0 Å². The minimum absolute atomic E-state index is 0.149. The summed E-state index contributed by atoms with van der Waals surface area (Å²) in [5.74, 6) is -1.65. The Kier molecular flexibility index (Phi) is 8.76. The maximum Gasteiger partial charge on any atom is 0.342 e. The summed E-state index contributed by atoms with van der Waals surface area (Å²) in [5.41, 5.74) is 0. The molecule has 15 heavy (non-hydrogen) atoms. The maximum atomic E-state index is 10.8. The van der Waals surface area contributed by atoms with Crippen molar-refractivity contribution in [3.63, 3.8) is 0 Å². The molecule has 0 saturated heterocycles. The van der Waals surface area contributed by atoms with Gasteiger partial charge in [0.25, 0.3) is 0 Å². The van der Waals surface area contributed by atoms with Crippen molar-refractivity contribution in [3.8, 4) is 0 Å². The lowest BCUT2D eigenvalue weighted by molar-refractivity contribution is -0.272. The van der Waals surface area contributed by atoms with Gasteiger partial charge in [0.15, 0.2) is 0 Å². The highest BCUT2D eigenvalue weighted by molar-refractivity contribution is 5.76. The van der Waals surface area contributed by atoms with Gasteiger partial charge in [-0.25, -0.2) is 4.79 Å². The minimum Gasteiger partial charge on any atom is -0.481 e.